The molecule has 1 fully saturated rings. The molecule has 2 heteroatoms. The third-order valence-corrected chi connectivity index (χ3v) is 4.10. The van der Waals surface area contributed by atoms with Crippen molar-refractivity contribution in [2.45, 2.75) is 44.5 Å². The molecule has 0 unspecified atom stereocenters. The van der Waals surface area contributed by atoms with E-state index in [-0.39, 0.29) is 0 Å². The molecule has 1 aromatic rings. The summed E-state index contributed by atoms with van der Waals surface area (Å²) < 4.78 is 0. The van der Waals surface area contributed by atoms with Crippen molar-refractivity contribution in [1.82, 2.24) is 5.32 Å². The van der Waals surface area contributed by atoms with Gasteiger partial charge in [-0.05, 0) is 50.6 Å². The van der Waals surface area contributed by atoms with E-state index >= 15 is 0 Å². The Labute approximate surface area is 110 Å². The first kappa shape index (κ1) is 12.9. The normalized spacial score (nSPS) is 24.8. The highest BCUT2D eigenvalue weighted by Crippen LogP contribution is 2.26. The van der Waals surface area contributed by atoms with Gasteiger partial charge in [-0.3, -0.25) is 0 Å². The molecular weight excluding hydrogens is 230 g/mol. The van der Waals surface area contributed by atoms with E-state index < -0.39 is 0 Å². The van der Waals surface area contributed by atoms with Gasteiger partial charge in [-0.25, -0.2) is 0 Å². The maximum absolute atomic E-state index is 6.11. The molecule has 0 atom stereocenters. The molecule has 1 aromatic carbocycles. The molecule has 0 heterocycles. The van der Waals surface area contributed by atoms with Gasteiger partial charge in [-0.15, -0.1) is 11.6 Å². The summed E-state index contributed by atoms with van der Waals surface area (Å²) in [6, 6.07) is 8.77. The fraction of sp³-hybridized carbons (Fsp3) is 0.600. The predicted molar refractivity (Wildman–Crippen MR) is 74.5 cm³/mol. The summed E-state index contributed by atoms with van der Waals surface area (Å²) in [5.41, 5.74) is 2.70. The fourth-order valence-electron chi connectivity index (χ4n) is 2.45. The van der Waals surface area contributed by atoms with Crippen LogP contribution in [-0.2, 0) is 6.54 Å². The zero-order valence-corrected chi connectivity index (χ0v) is 11.3. The minimum absolute atomic E-state index is 0.434. The number of nitrogens with one attached hydrogen (secondary N) is 1. The SMILES string of the molecule is Cc1ccc(CNCC2CCC(Cl)CC2)cc1. The van der Waals surface area contributed by atoms with Gasteiger partial charge in [-0.2, -0.15) is 0 Å². The van der Waals surface area contributed by atoms with Gasteiger partial charge in [0.25, 0.3) is 0 Å². The molecule has 17 heavy (non-hydrogen) atoms. The van der Waals surface area contributed by atoms with Crippen LogP contribution in [-0.4, -0.2) is 11.9 Å². The van der Waals surface area contributed by atoms with E-state index in [9.17, 15) is 0 Å². The van der Waals surface area contributed by atoms with Gasteiger partial charge in [0.1, 0.15) is 0 Å². The van der Waals surface area contributed by atoms with Crippen molar-refractivity contribution in [2.24, 2.45) is 5.92 Å². The Kier molecular flexibility index (Phi) is 4.87. The largest absolute Gasteiger partial charge is 0.312 e. The van der Waals surface area contributed by atoms with Crippen LogP contribution in [0.4, 0.5) is 0 Å². The number of rotatable bonds is 4. The Morgan fingerprint density at radius 1 is 1.12 bits per heavy atom. The molecule has 0 aliphatic heterocycles. The number of halogens is 1. The summed E-state index contributed by atoms with van der Waals surface area (Å²) in [6.07, 6.45) is 4.96. The number of benzene rings is 1. The first-order valence-corrected chi connectivity index (χ1v) is 7.08. The number of hydrogen-bond donors (Lipinski definition) is 1. The molecule has 2 rings (SSSR count). The van der Waals surface area contributed by atoms with Crippen LogP contribution in [0.3, 0.4) is 0 Å². The third-order valence-electron chi connectivity index (χ3n) is 3.66. The smallest absolute Gasteiger partial charge is 0.0336 e. The van der Waals surface area contributed by atoms with Crippen molar-refractivity contribution in [1.29, 1.82) is 0 Å². The second-order valence-corrected chi connectivity index (χ2v) is 5.85. The van der Waals surface area contributed by atoms with Crippen LogP contribution in [0.2, 0.25) is 0 Å². The summed E-state index contributed by atoms with van der Waals surface area (Å²) in [6.45, 7) is 4.25. The maximum atomic E-state index is 6.11. The van der Waals surface area contributed by atoms with Crippen LogP contribution in [0, 0.1) is 12.8 Å². The highest BCUT2D eigenvalue weighted by Gasteiger charge is 2.18. The molecule has 0 spiro atoms. The van der Waals surface area contributed by atoms with Crippen molar-refractivity contribution >= 4 is 11.6 Å². The Balaban J connectivity index is 1.67. The summed E-state index contributed by atoms with van der Waals surface area (Å²) in [5.74, 6) is 0.829. The lowest BCUT2D eigenvalue weighted by Gasteiger charge is -2.25. The highest BCUT2D eigenvalue weighted by molar-refractivity contribution is 6.20. The summed E-state index contributed by atoms with van der Waals surface area (Å²) in [4.78, 5) is 0. The maximum Gasteiger partial charge on any atom is 0.0336 e. The predicted octanol–water partition coefficient (Wildman–Crippen LogP) is 3.88. The topological polar surface area (TPSA) is 12.0 Å². The molecule has 0 radical (unpaired) electrons. The second kappa shape index (κ2) is 6.42. The van der Waals surface area contributed by atoms with E-state index in [1.807, 2.05) is 0 Å². The summed E-state index contributed by atoms with van der Waals surface area (Å²) in [5, 5.41) is 4.00. The first-order chi connectivity index (χ1) is 8.24. The molecule has 0 amide bonds. The van der Waals surface area contributed by atoms with Gasteiger partial charge >= 0.3 is 0 Å². The fourth-order valence-corrected chi connectivity index (χ4v) is 2.70. The van der Waals surface area contributed by atoms with E-state index in [4.69, 9.17) is 11.6 Å². The second-order valence-electron chi connectivity index (χ2n) is 5.23. The molecule has 1 aliphatic rings. The highest BCUT2D eigenvalue weighted by atomic mass is 35.5. The molecule has 0 aromatic heterocycles. The van der Waals surface area contributed by atoms with Crippen molar-refractivity contribution in [3.8, 4) is 0 Å². The average Bonchev–Trinajstić information content (AvgIpc) is 2.34. The van der Waals surface area contributed by atoms with E-state index in [0.717, 1.165) is 19.0 Å². The molecule has 1 saturated carbocycles. The summed E-state index contributed by atoms with van der Waals surface area (Å²) >= 11 is 6.11. The minimum Gasteiger partial charge on any atom is -0.312 e. The lowest BCUT2D eigenvalue weighted by Crippen LogP contribution is -2.26. The third kappa shape index (κ3) is 4.33. The average molecular weight is 252 g/mol. The Morgan fingerprint density at radius 2 is 1.76 bits per heavy atom. The van der Waals surface area contributed by atoms with Crippen molar-refractivity contribution < 1.29 is 0 Å². The van der Waals surface area contributed by atoms with Gasteiger partial charge in [0.05, 0.1) is 0 Å². The Morgan fingerprint density at radius 3 is 2.41 bits per heavy atom. The van der Waals surface area contributed by atoms with Gasteiger partial charge in [-0.1, -0.05) is 29.8 Å². The summed E-state index contributed by atoms with van der Waals surface area (Å²) in [7, 11) is 0. The van der Waals surface area contributed by atoms with Crippen LogP contribution in [0.5, 0.6) is 0 Å². The van der Waals surface area contributed by atoms with Crippen molar-refractivity contribution in [3.05, 3.63) is 35.4 Å². The van der Waals surface area contributed by atoms with Crippen LogP contribution in [0.25, 0.3) is 0 Å². The number of aryl methyl sites for hydroxylation is 1. The standard InChI is InChI=1S/C15H22ClN/c1-12-2-4-13(5-3-12)10-17-11-14-6-8-15(16)9-7-14/h2-5,14-15,17H,6-11H2,1H3. The Bertz CT molecular complexity index is 325. The van der Waals surface area contributed by atoms with Crippen LogP contribution >= 0.6 is 11.6 Å². The first-order valence-electron chi connectivity index (χ1n) is 6.64. The van der Waals surface area contributed by atoms with Gasteiger partial charge in [0.2, 0.25) is 0 Å². The van der Waals surface area contributed by atoms with E-state index in [2.05, 4.69) is 36.5 Å². The molecule has 1 N–H and O–H groups in total. The lowest BCUT2D eigenvalue weighted by molar-refractivity contribution is 0.345. The quantitative estimate of drug-likeness (QED) is 0.801. The van der Waals surface area contributed by atoms with Crippen LogP contribution < -0.4 is 5.32 Å². The van der Waals surface area contributed by atoms with Gasteiger partial charge in [0, 0.05) is 11.9 Å². The monoisotopic (exact) mass is 251 g/mol. The van der Waals surface area contributed by atoms with Gasteiger partial charge < -0.3 is 5.32 Å². The molecule has 0 bridgehead atoms. The van der Waals surface area contributed by atoms with Crippen molar-refractivity contribution in [2.75, 3.05) is 6.54 Å². The van der Waals surface area contributed by atoms with Crippen molar-refractivity contribution in [3.63, 3.8) is 0 Å². The molecule has 1 aliphatic carbocycles. The minimum atomic E-state index is 0.434. The molecular formula is C15H22ClN. The van der Waals surface area contributed by atoms with E-state index in [0.29, 0.717) is 5.38 Å². The van der Waals surface area contributed by atoms with Gasteiger partial charge in [0.15, 0.2) is 0 Å². The number of alkyl halides is 1. The van der Waals surface area contributed by atoms with E-state index in [1.54, 1.807) is 0 Å². The van der Waals surface area contributed by atoms with Crippen LogP contribution in [0.15, 0.2) is 24.3 Å². The Hall–Kier alpha value is -0.530. The zero-order chi connectivity index (χ0) is 12.1. The molecule has 1 nitrogen and oxygen atoms in total. The van der Waals surface area contributed by atoms with E-state index in [1.165, 1.54) is 36.8 Å². The lowest BCUT2D eigenvalue weighted by atomic mass is 9.89. The zero-order valence-electron chi connectivity index (χ0n) is 10.6. The number of hydrogen-bond acceptors (Lipinski definition) is 1. The molecule has 0 saturated heterocycles. The molecule has 94 valence electrons. The van der Waals surface area contributed by atoms with Crippen LogP contribution in [0.1, 0.15) is 36.8 Å².